The number of oxazole rings is 1. The summed E-state index contributed by atoms with van der Waals surface area (Å²) in [5.74, 6) is 2.23. The zero-order chi connectivity index (χ0) is 21.9. The monoisotopic (exact) mass is 435 g/mol. The first-order valence-electron chi connectivity index (χ1n) is 11.5. The van der Waals surface area contributed by atoms with Crippen molar-refractivity contribution < 1.29 is 13.9 Å². The molecule has 0 N–H and O–H groups in total. The second kappa shape index (κ2) is 9.14. The van der Waals surface area contributed by atoms with Crippen molar-refractivity contribution >= 4 is 23.0 Å². The highest BCUT2D eigenvalue weighted by Crippen LogP contribution is 2.26. The minimum absolute atomic E-state index is 0.147. The van der Waals surface area contributed by atoms with Gasteiger partial charge >= 0.3 is 0 Å². The molecule has 0 radical (unpaired) electrons. The van der Waals surface area contributed by atoms with E-state index in [4.69, 9.17) is 9.15 Å². The van der Waals surface area contributed by atoms with E-state index in [1.165, 1.54) is 18.3 Å². The number of rotatable bonds is 1. The predicted molar refractivity (Wildman–Crippen MR) is 121 cm³/mol. The van der Waals surface area contributed by atoms with Crippen molar-refractivity contribution in [1.29, 1.82) is 0 Å². The van der Waals surface area contributed by atoms with Crippen molar-refractivity contribution in [3.63, 3.8) is 0 Å². The molecule has 5 rings (SSSR count). The van der Waals surface area contributed by atoms with Crippen LogP contribution in [0.4, 0.5) is 5.82 Å². The Morgan fingerprint density at radius 3 is 2.97 bits per heavy atom. The van der Waals surface area contributed by atoms with Crippen LogP contribution in [-0.2, 0) is 11.2 Å². The maximum absolute atomic E-state index is 13.5. The number of nitrogens with zero attached hydrogens (tertiary/aromatic N) is 5. The van der Waals surface area contributed by atoms with Crippen LogP contribution < -0.4 is 9.64 Å². The molecule has 168 valence electrons. The third kappa shape index (κ3) is 4.40. The van der Waals surface area contributed by atoms with E-state index in [9.17, 15) is 4.79 Å². The molecule has 32 heavy (non-hydrogen) atoms. The zero-order valence-electron chi connectivity index (χ0n) is 18.5. The predicted octanol–water partition coefficient (Wildman–Crippen LogP) is 3.53. The number of benzene rings is 1. The number of hydrogen-bond donors (Lipinski definition) is 0. The lowest BCUT2D eigenvalue weighted by molar-refractivity contribution is -0.133. The van der Waals surface area contributed by atoms with Crippen molar-refractivity contribution in [2.75, 3.05) is 31.1 Å². The van der Waals surface area contributed by atoms with E-state index in [1.54, 1.807) is 6.92 Å². The highest BCUT2D eigenvalue weighted by Gasteiger charge is 2.29. The average Bonchev–Trinajstić information content (AvgIpc) is 3.20. The molecule has 1 aromatic carbocycles. The van der Waals surface area contributed by atoms with Gasteiger partial charge in [0.15, 0.2) is 17.2 Å². The van der Waals surface area contributed by atoms with E-state index in [1.807, 2.05) is 11.0 Å². The lowest BCUT2D eigenvalue weighted by atomic mass is 9.95. The van der Waals surface area contributed by atoms with Gasteiger partial charge in [-0.25, -0.2) is 9.97 Å². The quantitative estimate of drug-likeness (QED) is 0.578. The van der Waals surface area contributed by atoms with Gasteiger partial charge in [0.05, 0.1) is 13.2 Å². The molecule has 0 saturated carbocycles. The highest BCUT2D eigenvalue weighted by atomic mass is 16.5. The molecule has 2 bridgehead atoms. The number of amides is 1. The largest absolute Gasteiger partial charge is 0.494 e. The number of fused-ring (bicyclic) bond motifs is 4. The van der Waals surface area contributed by atoms with Crippen LogP contribution in [-0.4, -0.2) is 58.0 Å². The number of anilines is 1. The minimum Gasteiger partial charge on any atom is -0.494 e. The summed E-state index contributed by atoms with van der Waals surface area (Å²) < 4.78 is 11.6. The van der Waals surface area contributed by atoms with Gasteiger partial charge in [0.25, 0.3) is 5.71 Å². The molecule has 0 aliphatic carbocycles. The molecule has 4 heterocycles. The minimum atomic E-state index is 0.147. The van der Waals surface area contributed by atoms with Gasteiger partial charge < -0.3 is 19.0 Å². The number of carbonyl (C=O) groups is 1. The van der Waals surface area contributed by atoms with Gasteiger partial charge in [-0.1, -0.05) is 12.1 Å². The van der Waals surface area contributed by atoms with Gasteiger partial charge in [0.1, 0.15) is 12.1 Å². The summed E-state index contributed by atoms with van der Waals surface area (Å²) in [6.07, 6.45) is 7.43. The first-order valence-corrected chi connectivity index (χ1v) is 11.5. The summed E-state index contributed by atoms with van der Waals surface area (Å²) in [7, 11) is 0. The van der Waals surface area contributed by atoms with Crippen LogP contribution in [0.1, 0.15) is 43.6 Å². The fraction of sp³-hybridized carbons (Fsp3) is 0.500. The second-order valence-corrected chi connectivity index (χ2v) is 8.63. The van der Waals surface area contributed by atoms with Crippen LogP contribution in [0.5, 0.6) is 5.75 Å². The molecule has 3 aromatic rings. The lowest BCUT2D eigenvalue weighted by Gasteiger charge is -2.37. The molecule has 1 unspecified atom stereocenters. The molecule has 1 saturated heterocycles. The second-order valence-electron chi connectivity index (χ2n) is 8.63. The SMILES string of the molecule is Cc1nc2c(N3CCCOc4cccc(c4)CCC4CCCCN4C(=O)C3)ncnc2o1. The molecule has 0 spiro atoms. The molecule has 8 nitrogen and oxygen atoms in total. The first kappa shape index (κ1) is 20.7. The van der Waals surface area contributed by atoms with Crippen LogP contribution in [0.25, 0.3) is 11.2 Å². The lowest BCUT2D eigenvalue weighted by Crippen LogP contribution is -2.48. The van der Waals surface area contributed by atoms with E-state index < -0.39 is 0 Å². The number of aromatic nitrogens is 3. The molecular formula is C24H29N5O3. The molecule has 2 aliphatic heterocycles. The number of carbonyl (C=O) groups excluding carboxylic acids is 1. The molecule has 1 amide bonds. The van der Waals surface area contributed by atoms with Gasteiger partial charge in [0, 0.05) is 26.1 Å². The Morgan fingerprint density at radius 1 is 1.09 bits per heavy atom. The average molecular weight is 436 g/mol. The van der Waals surface area contributed by atoms with E-state index in [0.717, 1.165) is 44.4 Å². The van der Waals surface area contributed by atoms with Gasteiger partial charge in [-0.05, 0) is 56.2 Å². The fourth-order valence-electron chi connectivity index (χ4n) is 4.79. The molecule has 1 atom stereocenters. The van der Waals surface area contributed by atoms with Gasteiger partial charge in [0.2, 0.25) is 5.91 Å². The maximum Gasteiger partial charge on any atom is 0.252 e. The van der Waals surface area contributed by atoms with Crippen molar-refractivity contribution in [2.45, 2.75) is 51.5 Å². The topological polar surface area (TPSA) is 84.6 Å². The van der Waals surface area contributed by atoms with E-state index >= 15 is 0 Å². The van der Waals surface area contributed by atoms with Crippen molar-refractivity contribution in [2.24, 2.45) is 0 Å². The summed E-state index contributed by atoms with van der Waals surface area (Å²) >= 11 is 0. The normalized spacial score (nSPS) is 20.5. The van der Waals surface area contributed by atoms with Crippen molar-refractivity contribution in [1.82, 2.24) is 19.9 Å². The summed E-state index contributed by atoms with van der Waals surface area (Å²) in [4.78, 5) is 30.7. The van der Waals surface area contributed by atoms with Crippen LogP contribution in [0.3, 0.4) is 0 Å². The Kier molecular flexibility index (Phi) is 5.92. The fourth-order valence-corrected chi connectivity index (χ4v) is 4.79. The highest BCUT2D eigenvalue weighted by molar-refractivity contribution is 5.87. The van der Waals surface area contributed by atoms with E-state index in [2.05, 4.69) is 38.1 Å². The number of hydrogen-bond acceptors (Lipinski definition) is 7. The maximum atomic E-state index is 13.5. The summed E-state index contributed by atoms with van der Waals surface area (Å²) in [6.45, 7) is 4.07. The van der Waals surface area contributed by atoms with E-state index in [0.29, 0.717) is 36.1 Å². The van der Waals surface area contributed by atoms with Crippen LogP contribution in [0, 0.1) is 6.92 Å². The van der Waals surface area contributed by atoms with Gasteiger partial charge in [-0.15, -0.1) is 0 Å². The molecular weight excluding hydrogens is 406 g/mol. The van der Waals surface area contributed by atoms with Gasteiger partial charge in [-0.3, -0.25) is 4.79 Å². The van der Waals surface area contributed by atoms with E-state index in [-0.39, 0.29) is 18.5 Å². The van der Waals surface area contributed by atoms with Crippen LogP contribution in [0.15, 0.2) is 35.0 Å². The smallest absolute Gasteiger partial charge is 0.252 e. The third-order valence-corrected chi connectivity index (χ3v) is 6.36. The van der Waals surface area contributed by atoms with Crippen LogP contribution in [0.2, 0.25) is 0 Å². The van der Waals surface area contributed by atoms with Crippen molar-refractivity contribution in [3.05, 3.63) is 42.0 Å². The number of ether oxygens (including phenoxy) is 1. The Morgan fingerprint density at radius 2 is 2.03 bits per heavy atom. The molecule has 1 fully saturated rings. The van der Waals surface area contributed by atoms with Crippen molar-refractivity contribution in [3.8, 4) is 5.75 Å². The Labute approximate surface area is 187 Å². The zero-order valence-corrected chi connectivity index (χ0v) is 18.5. The third-order valence-electron chi connectivity index (χ3n) is 6.36. The molecule has 8 heteroatoms. The summed E-state index contributed by atoms with van der Waals surface area (Å²) in [5.41, 5.74) is 2.31. The number of aryl methyl sites for hydroxylation is 2. The molecule has 2 aliphatic rings. The van der Waals surface area contributed by atoms with Gasteiger partial charge in [-0.2, -0.15) is 4.98 Å². The first-order chi connectivity index (χ1) is 15.7. The summed E-state index contributed by atoms with van der Waals surface area (Å²) in [6, 6.07) is 8.61. The Hall–Kier alpha value is -3.16. The number of piperidine rings is 1. The Balaban J connectivity index is 1.46. The van der Waals surface area contributed by atoms with Crippen LogP contribution >= 0.6 is 0 Å². The Bertz CT molecular complexity index is 1100. The summed E-state index contributed by atoms with van der Waals surface area (Å²) in [5, 5.41) is 0. The molecule has 2 aromatic heterocycles. The standard InChI is InChI=1S/C24H29N5O3/c1-17-27-22-23(25-16-26-24(22)32-17)28-11-5-13-31-20-8-4-6-18(14-20)9-10-19-7-2-3-12-29(19)21(30)15-28/h4,6,8,14,16,19H,2-3,5,7,9-13,15H2,1H3.